The van der Waals surface area contributed by atoms with Gasteiger partial charge in [0.1, 0.15) is 6.61 Å². The van der Waals surface area contributed by atoms with Crippen molar-refractivity contribution in [1.29, 1.82) is 0 Å². The molecule has 0 radical (unpaired) electrons. The number of aliphatic hydroxyl groups is 1. The molecule has 1 unspecified atom stereocenters. The molecule has 310 valence electrons. The van der Waals surface area contributed by atoms with Gasteiger partial charge >= 0.3 is 11.9 Å². The number of unbranched alkanes of at least 4 members (excludes halogenated alkanes) is 36. The molecular formula is C47H92O5. The SMILES string of the molecule is CCCCCCCCCCCCCCCCCCCCCCCC(=O)OC(CO)COC(=O)CCCCCCCCCCCCCCCCCCC. The average molecular weight is 737 g/mol. The normalized spacial score (nSPS) is 12.0. The Labute approximate surface area is 325 Å². The summed E-state index contributed by atoms with van der Waals surface area (Å²) in [6.45, 7) is 4.19. The van der Waals surface area contributed by atoms with E-state index >= 15 is 0 Å². The van der Waals surface area contributed by atoms with Gasteiger partial charge in [-0.25, -0.2) is 0 Å². The molecule has 0 heterocycles. The number of hydrogen-bond acceptors (Lipinski definition) is 5. The second kappa shape index (κ2) is 44.3. The van der Waals surface area contributed by atoms with Crippen LogP contribution in [0.3, 0.4) is 0 Å². The lowest BCUT2D eigenvalue weighted by atomic mass is 10.0. The van der Waals surface area contributed by atoms with Gasteiger partial charge in [0.15, 0.2) is 6.10 Å². The second-order valence-corrected chi connectivity index (χ2v) is 16.2. The molecule has 0 aromatic carbocycles. The van der Waals surface area contributed by atoms with Crippen molar-refractivity contribution in [3.8, 4) is 0 Å². The van der Waals surface area contributed by atoms with Crippen LogP contribution in [0.2, 0.25) is 0 Å². The highest BCUT2D eigenvalue weighted by Crippen LogP contribution is 2.17. The van der Waals surface area contributed by atoms with Gasteiger partial charge in [0.25, 0.3) is 0 Å². The molecule has 0 aliphatic carbocycles. The summed E-state index contributed by atoms with van der Waals surface area (Å²) >= 11 is 0. The molecule has 5 nitrogen and oxygen atoms in total. The molecule has 0 aromatic rings. The van der Waals surface area contributed by atoms with Crippen LogP contribution < -0.4 is 0 Å². The molecule has 0 saturated heterocycles. The van der Waals surface area contributed by atoms with Crippen LogP contribution in [0.5, 0.6) is 0 Å². The lowest BCUT2D eigenvalue weighted by molar-refractivity contribution is -0.161. The van der Waals surface area contributed by atoms with Gasteiger partial charge in [0.2, 0.25) is 0 Å². The molecule has 0 aliphatic heterocycles. The number of ether oxygens (including phenoxy) is 2. The monoisotopic (exact) mass is 737 g/mol. The number of esters is 2. The van der Waals surface area contributed by atoms with Gasteiger partial charge in [-0.2, -0.15) is 0 Å². The molecule has 52 heavy (non-hydrogen) atoms. The maximum atomic E-state index is 12.2. The first-order valence-corrected chi connectivity index (χ1v) is 23.6. The summed E-state index contributed by atoms with van der Waals surface area (Å²) in [5.41, 5.74) is 0. The minimum absolute atomic E-state index is 0.0562. The highest BCUT2D eigenvalue weighted by atomic mass is 16.6. The summed E-state index contributed by atoms with van der Waals surface area (Å²) in [7, 11) is 0. The number of carbonyl (C=O) groups excluding carboxylic acids is 2. The minimum Gasteiger partial charge on any atom is -0.462 e. The molecular weight excluding hydrogens is 645 g/mol. The summed E-state index contributed by atoms with van der Waals surface area (Å²) in [5.74, 6) is -0.569. The molecule has 0 amide bonds. The van der Waals surface area contributed by atoms with Gasteiger partial charge in [-0.3, -0.25) is 9.59 Å². The lowest BCUT2D eigenvalue weighted by Gasteiger charge is -2.15. The van der Waals surface area contributed by atoms with E-state index in [2.05, 4.69) is 13.8 Å². The van der Waals surface area contributed by atoms with Gasteiger partial charge in [-0.1, -0.05) is 245 Å². The van der Waals surface area contributed by atoms with Crippen molar-refractivity contribution in [3.05, 3.63) is 0 Å². The first kappa shape index (κ1) is 50.9. The van der Waals surface area contributed by atoms with Crippen molar-refractivity contribution < 1.29 is 24.2 Å². The van der Waals surface area contributed by atoms with Crippen LogP contribution >= 0.6 is 0 Å². The smallest absolute Gasteiger partial charge is 0.306 e. The van der Waals surface area contributed by atoms with E-state index in [1.54, 1.807) is 0 Å². The molecule has 0 fully saturated rings. The third-order valence-corrected chi connectivity index (χ3v) is 10.9. The number of carbonyl (C=O) groups is 2. The highest BCUT2D eigenvalue weighted by molar-refractivity contribution is 5.70. The Morgan fingerprint density at radius 2 is 0.596 bits per heavy atom. The maximum Gasteiger partial charge on any atom is 0.306 e. The zero-order valence-electron chi connectivity index (χ0n) is 35.4. The molecule has 0 rings (SSSR count). The molecule has 0 spiro atoms. The average Bonchev–Trinajstić information content (AvgIpc) is 3.15. The third-order valence-electron chi connectivity index (χ3n) is 10.9. The highest BCUT2D eigenvalue weighted by Gasteiger charge is 2.16. The fourth-order valence-corrected chi connectivity index (χ4v) is 7.32. The van der Waals surface area contributed by atoms with Gasteiger partial charge < -0.3 is 14.6 Å². The maximum absolute atomic E-state index is 12.2. The molecule has 1 N–H and O–H groups in total. The largest absolute Gasteiger partial charge is 0.462 e. The molecule has 1 atom stereocenters. The second-order valence-electron chi connectivity index (χ2n) is 16.2. The topological polar surface area (TPSA) is 72.8 Å². The van der Waals surface area contributed by atoms with E-state index < -0.39 is 6.10 Å². The Hall–Kier alpha value is -1.10. The Morgan fingerprint density at radius 3 is 0.846 bits per heavy atom. The van der Waals surface area contributed by atoms with Crippen LogP contribution in [0.1, 0.15) is 271 Å². The summed E-state index contributed by atoms with van der Waals surface area (Å²) in [4.78, 5) is 24.4. The van der Waals surface area contributed by atoms with E-state index in [4.69, 9.17) is 9.47 Å². The Kier molecular flexibility index (Phi) is 43.4. The summed E-state index contributed by atoms with van der Waals surface area (Å²) in [6.07, 6.45) is 50.4. The van der Waals surface area contributed by atoms with Crippen LogP contribution in [0.15, 0.2) is 0 Å². The van der Waals surface area contributed by atoms with Crippen LogP contribution in [0.4, 0.5) is 0 Å². The molecule has 0 aromatic heterocycles. The van der Waals surface area contributed by atoms with Gasteiger partial charge in [0, 0.05) is 12.8 Å². The predicted octanol–water partition coefficient (Wildman–Crippen LogP) is 15.1. The first-order chi connectivity index (χ1) is 25.6. The number of hydrogen-bond donors (Lipinski definition) is 1. The quantitative estimate of drug-likeness (QED) is 0.0498. The standard InChI is InChI=1S/C47H92O5/c1-3-5-7-9-11-13-15-17-19-21-22-23-24-26-28-30-32-34-36-38-40-42-47(50)52-45(43-48)44-51-46(49)41-39-37-35-33-31-29-27-25-20-18-16-14-12-10-8-6-4-2/h45,48H,3-44H2,1-2H3. The van der Waals surface area contributed by atoms with Crippen molar-refractivity contribution in [2.45, 2.75) is 277 Å². The van der Waals surface area contributed by atoms with E-state index in [1.807, 2.05) is 0 Å². The van der Waals surface area contributed by atoms with Crippen LogP contribution in [-0.4, -0.2) is 36.4 Å². The Bertz CT molecular complexity index is 710. The van der Waals surface area contributed by atoms with E-state index in [0.717, 1.165) is 32.1 Å². The minimum atomic E-state index is -0.762. The van der Waals surface area contributed by atoms with E-state index in [1.165, 1.54) is 212 Å². The molecule has 0 bridgehead atoms. The lowest BCUT2D eigenvalue weighted by Crippen LogP contribution is -2.28. The van der Waals surface area contributed by atoms with Gasteiger partial charge in [-0.15, -0.1) is 0 Å². The Balaban J connectivity index is 3.44. The molecule has 0 saturated carbocycles. The fraction of sp³-hybridized carbons (Fsp3) is 0.957. The van der Waals surface area contributed by atoms with Crippen LogP contribution in [-0.2, 0) is 19.1 Å². The third kappa shape index (κ3) is 41.7. The van der Waals surface area contributed by atoms with Crippen molar-refractivity contribution in [3.63, 3.8) is 0 Å². The van der Waals surface area contributed by atoms with E-state index in [9.17, 15) is 14.7 Å². The Morgan fingerprint density at radius 1 is 0.365 bits per heavy atom. The van der Waals surface area contributed by atoms with Crippen molar-refractivity contribution in [2.24, 2.45) is 0 Å². The van der Waals surface area contributed by atoms with E-state index in [0.29, 0.717) is 12.8 Å². The van der Waals surface area contributed by atoms with Crippen LogP contribution in [0.25, 0.3) is 0 Å². The van der Waals surface area contributed by atoms with Crippen molar-refractivity contribution in [1.82, 2.24) is 0 Å². The van der Waals surface area contributed by atoms with E-state index in [-0.39, 0.29) is 25.2 Å². The van der Waals surface area contributed by atoms with Gasteiger partial charge in [-0.05, 0) is 12.8 Å². The van der Waals surface area contributed by atoms with Gasteiger partial charge in [0.05, 0.1) is 6.61 Å². The van der Waals surface area contributed by atoms with Crippen molar-refractivity contribution >= 4 is 11.9 Å². The first-order valence-electron chi connectivity index (χ1n) is 23.6. The van der Waals surface area contributed by atoms with Crippen molar-refractivity contribution in [2.75, 3.05) is 13.2 Å². The summed E-state index contributed by atoms with van der Waals surface area (Å²) < 4.78 is 10.7. The molecule has 5 heteroatoms. The summed E-state index contributed by atoms with van der Waals surface area (Å²) in [6, 6.07) is 0. The predicted molar refractivity (Wildman–Crippen MR) is 224 cm³/mol. The molecule has 0 aliphatic rings. The zero-order chi connectivity index (χ0) is 37.8. The fourth-order valence-electron chi connectivity index (χ4n) is 7.32. The number of rotatable bonds is 44. The van der Waals surface area contributed by atoms with Crippen LogP contribution in [0, 0.1) is 0 Å². The summed E-state index contributed by atoms with van der Waals surface area (Å²) in [5, 5.41) is 9.60. The zero-order valence-corrected chi connectivity index (χ0v) is 35.4. The number of aliphatic hydroxyl groups excluding tert-OH is 1.